The number of anilines is 2. The number of hydrogen-bond donors (Lipinski definition) is 0. The molecule has 1 aliphatic heterocycles. The Morgan fingerprint density at radius 1 is 1.16 bits per heavy atom. The lowest BCUT2D eigenvalue weighted by Crippen LogP contribution is -2.49. The molecule has 3 rings (SSSR count). The van der Waals surface area contributed by atoms with Gasteiger partial charge in [0.2, 0.25) is 5.91 Å². The summed E-state index contributed by atoms with van der Waals surface area (Å²) < 4.78 is 0. The average molecular weight is 258 g/mol. The fourth-order valence-corrected chi connectivity index (χ4v) is 3.02. The molecular weight excluding hydrogens is 236 g/mol. The maximum Gasteiger partial charge on any atom is 0.230 e. The first kappa shape index (κ1) is 12.5. The van der Waals surface area contributed by atoms with Gasteiger partial charge in [-0.1, -0.05) is 18.6 Å². The summed E-state index contributed by atoms with van der Waals surface area (Å²) in [5, 5.41) is 0. The molecule has 3 heteroatoms. The molecule has 2 aliphatic rings. The summed E-state index contributed by atoms with van der Waals surface area (Å²) >= 11 is 0. The molecule has 0 saturated heterocycles. The SMILES string of the molecule is CC(C)N1CCN(C(=O)C2CCC2)c2ccccc21. The monoisotopic (exact) mass is 258 g/mol. The smallest absolute Gasteiger partial charge is 0.230 e. The van der Waals surface area contributed by atoms with E-state index in [4.69, 9.17) is 0 Å². The van der Waals surface area contributed by atoms with Crippen LogP contribution in [-0.4, -0.2) is 25.0 Å². The highest BCUT2D eigenvalue weighted by Gasteiger charge is 2.34. The van der Waals surface area contributed by atoms with Gasteiger partial charge < -0.3 is 9.80 Å². The van der Waals surface area contributed by atoms with E-state index in [1.165, 1.54) is 12.1 Å². The highest BCUT2D eigenvalue weighted by molar-refractivity contribution is 5.99. The van der Waals surface area contributed by atoms with Gasteiger partial charge in [-0.25, -0.2) is 0 Å². The number of hydrogen-bond acceptors (Lipinski definition) is 2. The normalized spacial score (nSPS) is 19.3. The van der Waals surface area contributed by atoms with Crippen LogP contribution >= 0.6 is 0 Å². The molecule has 0 atom stereocenters. The highest BCUT2D eigenvalue weighted by Crippen LogP contribution is 2.37. The van der Waals surface area contributed by atoms with E-state index in [0.717, 1.165) is 31.6 Å². The van der Waals surface area contributed by atoms with Crippen molar-refractivity contribution in [3.05, 3.63) is 24.3 Å². The van der Waals surface area contributed by atoms with E-state index in [1.807, 2.05) is 11.0 Å². The van der Waals surface area contributed by atoms with Gasteiger partial charge in [-0.2, -0.15) is 0 Å². The van der Waals surface area contributed by atoms with Crippen LogP contribution in [0.1, 0.15) is 33.1 Å². The summed E-state index contributed by atoms with van der Waals surface area (Å²) in [5.74, 6) is 0.612. The van der Waals surface area contributed by atoms with Gasteiger partial charge in [0.1, 0.15) is 0 Å². The third kappa shape index (κ3) is 2.11. The number of carbonyl (C=O) groups excluding carboxylic acids is 1. The van der Waals surface area contributed by atoms with Crippen LogP contribution in [0.4, 0.5) is 11.4 Å². The molecule has 0 bridgehead atoms. The van der Waals surface area contributed by atoms with Crippen LogP contribution in [0.2, 0.25) is 0 Å². The zero-order valence-electron chi connectivity index (χ0n) is 11.8. The molecular formula is C16H22N2O. The minimum atomic E-state index is 0.277. The van der Waals surface area contributed by atoms with Crippen molar-refractivity contribution in [1.82, 2.24) is 0 Å². The number of fused-ring (bicyclic) bond motifs is 1. The van der Waals surface area contributed by atoms with Crippen LogP contribution < -0.4 is 9.80 Å². The first-order valence-corrected chi connectivity index (χ1v) is 7.35. The van der Waals surface area contributed by atoms with Crippen molar-refractivity contribution in [2.24, 2.45) is 5.92 Å². The van der Waals surface area contributed by atoms with Crippen LogP contribution in [0, 0.1) is 5.92 Å². The van der Waals surface area contributed by atoms with Gasteiger partial charge in [0.05, 0.1) is 11.4 Å². The Morgan fingerprint density at radius 2 is 1.84 bits per heavy atom. The largest absolute Gasteiger partial charge is 0.366 e. The van der Waals surface area contributed by atoms with Gasteiger partial charge in [-0.15, -0.1) is 0 Å². The number of amides is 1. The van der Waals surface area contributed by atoms with Crippen molar-refractivity contribution in [3.63, 3.8) is 0 Å². The standard InChI is InChI=1S/C16H22N2O/c1-12(2)17-10-11-18(16(19)13-6-5-7-13)15-9-4-3-8-14(15)17/h3-4,8-9,12-13H,5-7,10-11H2,1-2H3. The predicted octanol–water partition coefficient (Wildman–Crippen LogP) is 3.05. The third-order valence-electron chi connectivity index (χ3n) is 4.39. The van der Waals surface area contributed by atoms with Gasteiger partial charge in [0.15, 0.2) is 0 Å². The van der Waals surface area contributed by atoms with E-state index >= 15 is 0 Å². The summed E-state index contributed by atoms with van der Waals surface area (Å²) in [6, 6.07) is 8.78. The van der Waals surface area contributed by atoms with Crippen LogP contribution in [0.3, 0.4) is 0 Å². The van der Waals surface area contributed by atoms with E-state index in [-0.39, 0.29) is 5.92 Å². The molecule has 19 heavy (non-hydrogen) atoms. The second-order valence-corrected chi connectivity index (χ2v) is 5.89. The minimum absolute atomic E-state index is 0.277. The van der Waals surface area contributed by atoms with Crippen molar-refractivity contribution >= 4 is 17.3 Å². The van der Waals surface area contributed by atoms with E-state index < -0.39 is 0 Å². The zero-order valence-corrected chi connectivity index (χ0v) is 11.8. The lowest BCUT2D eigenvalue weighted by atomic mass is 9.84. The van der Waals surface area contributed by atoms with Crippen LogP contribution in [0.5, 0.6) is 0 Å². The fourth-order valence-electron chi connectivity index (χ4n) is 3.02. The number of benzene rings is 1. The predicted molar refractivity (Wildman–Crippen MR) is 78.6 cm³/mol. The molecule has 1 saturated carbocycles. The molecule has 0 radical (unpaired) electrons. The quantitative estimate of drug-likeness (QED) is 0.814. The Bertz CT molecular complexity index is 479. The summed E-state index contributed by atoms with van der Waals surface area (Å²) in [7, 11) is 0. The van der Waals surface area contributed by atoms with Crippen molar-refractivity contribution in [3.8, 4) is 0 Å². The lowest BCUT2D eigenvalue weighted by Gasteiger charge is -2.42. The topological polar surface area (TPSA) is 23.6 Å². The molecule has 1 heterocycles. The molecule has 1 fully saturated rings. The summed E-state index contributed by atoms with van der Waals surface area (Å²) in [4.78, 5) is 16.9. The van der Waals surface area contributed by atoms with Crippen molar-refractivity contribution in [1.29, 1.82) is 0 Å². The van der Waals surface area contributed by atoms with E-state index in [1.54, 1.807) is 0 Å². The Labute approximate surface area is 115 Å². The van der Waals surface area contributed by atoms with Crippen molar-refractivity contribution < 1.29 is 4.79 Å². The first-order valence-electron chi connectivity index (χ1n) is 7.35. The van der Waals surface area contributed by atoms with Gasteiger partial charge in [0, 0.05) is 25.0 Å². The summed E-state index contributed by atoms with van der Waals surface area (Å²) in [6.07, 6.45) is 3.36. The fraction of sp³-hybridized carbons (Fsp3) is 0.562. The summed E-state index contributed by atoms with van der Waals surface area (Å²) in [6.45, 7) is 6.18. The van der Waals surface area contributed by atoms with Crippen molar-refractivity contribution in [2.45, 2.75) is 39.2 Å². The molecule has 1 aromatic rings. The maximum atomic E-state index is 12.5. The Morgan fingerprint density at radius 3 is 2.42 bits per heavy atom. The number of para-hydroxylation sites is 2. The number of rotatable bonds is 2. The molecule has 0 aromatic heterocycles. The average Bonchev–Trinajstić information content (AvgIpc) is 2.35. The molecule has 1 aromatic carbocycles. The number of carbonyl (C=O) groups is 1. The van der Waals surface area contributed by atoms with Crippen molar-refractivity contribution in [2.75, 3.05) is 22.9 Å². The minimum Gasteiger partial charge on any atom is -0.366 e. The summed E-state index contributed by atoms with van der Waals surface area (Å²) in [5.41, 5.74) is 2.30. The van der Waals surface area contributed by atoms with E-state index in [9.17, 15) is 4.79 Å². The molecule has 3 nitrogen and oxygen atoms in total. The van der Waals surface area contributed by atoms with Crippen LogP contribution in [-0.2, 0) is 4.79 Å². The second-order valence-electron chi connectivity index (χ2n) is 5.89. The zero-order chi connectivity index (χ0) is 13.4. The first-order chi connectivity index (χ1) is 9.18. The highest BCUT2D eigenvalue weighted by atomic mass is 16.2. The lowest BCUT2D eigenvalue weighted by molar-refractivity contribution is -0.124. The van der Waals surface area contributed by atoms with Gasteiger partial charge >= 0.3 is 0 Å². The van der Waals surface area contributed by atoms with Crippen LogP contribution in [0.15, 0.2) is 24.3 Å². The van der Waals surface area contributed by atoms with Gasteiger partial charge in [0.25, 0.3) is 0 Å². The molecule has 0 N–H and O–H groups in total. The molecule has 1 aliphatic carbocycles. The Kier molecular flexibility index (Phi) is 3.21. The van der Waals surface area contributed by atoms with Gasteiger partial charge in [-0.05, 0) is 38.8 Å². The maximum absolute atomic E-state index is 12.5. The van der Waals surface area contributed by atoms with E-state index in [0.29, 0.717) is 11.9 Å². The molecule has 0 spiro atoms. The van der Waals surface area contributed by atoms with Crippen LogP contribution in [0.25, 0.3) is 0 Å². The van der Waals surface area contributed by atoms with Gasteiger partial charge in [-0.3, -0.25) is 4.79 Å². The molecule has 0 unspecified atom stereocenters. The van der Waals surface area contributed by atoms with E-state index in [2.05, 4.69) is 36.9 Å². The Balaban J connectivity index is 1.92. The number of nitrogens with zero attached hydrogens (tertiary/aromatic N) is 2. The molecule has 102 valence electrons. The Hall–Kier alpha value is -1.51. The second kappa shape index (κ2) is 4.87. The third-order valence-corrected chi connectivity index (χ3v) is 4.39. The molecule has 1 amide bonds.